The second-order valence-electron chi connectivity index (χ2n) is 17.2. The third-order valence-electron chi connectivity index (χ3n) is 4.97. The molecule has 54 heavy (non-hydrogen) atoms. The molecule has 0 aliphatic heterocycles. The van der Waals surface area contributed by atoms with Gasteiger partial charge in [-0.2, -0.15) is 33.7 Å². The average Bonchev–Trinajstić information content (AvgIpc) is 2.72. The average molecular weight is 887 g/mol. The van der Waals surface area contributed by atoms with Crippen molar-refractivity contribution >= 4 is 41.6 Å². The largest absolute Gasteiger partial charge is 1.00 e. The van der Waals surface area contributed by atoms with Crippen LogP contribution in [0, 0.1) is 27.1 Å². The van der Waals surface area contributed by atoms with Crippen LogP contribution >= 0.6 is 0 Å². The van der Waals surface area contributed by atoms with Crippen molar-refractivity contribution in [2.75, 3.05) is 33.0 Å². The minimum Gasteiger partial charge on any atom is -0.412 e. The molecule has 0 aromatic carbocycles. The van der Waals surface area contributed by atoms with Crippen molar-refractivity contribution in [3.63, 3.8) is 0 Å². The van der Waals surface area contributed by atoms with Gasteiger partial charge in [0.1, 0.15) is 0 Å². The fourth-order valence-corrected chi connectivity index (χ4v) is 2.99. The lowest BCUT2D eigenvalue weighted by atomic mass is 9.93. The van der Waals surface area contributed by atoms with Gasteiger partial charge in [-0.3, -0.25) is 22.8 Å². The molecule has 0 aromatic heterocycles. The van der Waals surface area contributed by atoms with E-state index in [0.717, 1.165) is 12.8 Å². The van der Waals surface area contributed by atoms with Gasteiger partial charge < -0.3 is 21.2 Å². The monoisotopic (exact) mass is 886 g/mol. The van der Waals surface area contributed by atoms with Crippen LogP contribution in [0.15, 0.2) is 0 Å². The molecular weight excluding hydrogens is 809 g/mol. The lowest BCUT2D eigenvalue weighted by molar-refractivity contribution is 0.175. The van der Waals surface area contributed by atoms with Crippen LogP contribution in [0.5, 0.6) is 0 Å². The zero-order valence-electron chi connectivity index (χ0n) is 36.8. The maximum Gasteiger partial charge on any atom is 1.00 e. The van der Waals surface area contributed by atoms with Crippen LogP contribution in [0.1, 0.15) is 139 Å². The minimum absolute atomic E-state index is 0. The zero-order valence-corrected chi connectivity index (χ0v) is 38.1. The van der Waals surface area contributed by atoms with Crippen molar-refractivity contribution in [2.45, 2.75) is 136 Å². The third-order valence-corrected chi connectivity index (χ3v) is 6.34. The summed E-state index contributed by atoms with van der Waals surface area (Å²) < 4.78 is 128. The van der Waals surface area contributed by atoms with Gasteiger partial charge in [-0.05, 0) is 59.2 Å². The summed E-state index contributed by atoms with van der Waals surface area (Å²) in [7, 11) is -17.4. The lowest BCUT2D eigenvalue weighted by Crippen LogP contribution is -2.18. The number of aliphatic hydroxyl groups excluding tert-OH is 2. The number of hydrogen-bond donors (Lipinski definition) is 7. The third kappa shape index (κ3) is 132. The fourth-order valence-electron chi connectivity index (χ4n) is 2.06. The highest BCUT2D eigenvalue weighted by molar-refractivity contribution is 7.82. The molecule has 0 saturated heterocycles. The Labute approximate surface area is 329 Å². The van der Waals surface area contributed by atoms with Crippen LogP contribution in [-0.4, -0.2) is 111 Å². The van der Waals surface area contributed by atoms with Crippen LogP contribution < -0.4 is 0 Å². The molecule has 0 atom stereocenters. The van der Waals surface area contributed by atoms with Crippen molar-refractivity contribution < 1.29 is 93.0 Å². The Bertz CT molecular complexity index is 1220. The van der Waals surface area contributed by atoms with Crippen molar-refractivity contribution in [3.05, 3.63) is 0 Å². The summed E-state index contributed by atoms with van der Waals surface area (Å²) in [5.41, 5.74) is 0.732. The molecule has 0 rings (SSSR count). The van der Waals surface area contributed by atoms with E-state index in [1.54, 1.807) is 0 Å². The van der Waals surface area contributed by atoms with Crippen LogP contribution in [-0.2, 0) is 54.1 Å². The van der Waals surface area contributed by atoms with E-state index in [-0.39, 0.29) is 49.9 Å². The SMILES string of the molecule is CC(C)(C)CCO.CC(C)(C)CCO.CC(C)(C)CCOS(=O)(=O)O.CC(C)(C)CCOS(=O)(=O)OCCC(C)(C)C.O.O.O=S(=O)(O)O.O=S(=O)(O)O.[H+].[H+]. The van der Waals surface area contributed by atoms with E-state index in [4.69, 9.17) is 58.2 Å². The van der Waals surface area contributed by atoms with E-state index < -0.39 is 41.6 Å². The summed E-state index contributed by atoms with van der Waals surface area (Å²) in [5.74, 6) is 0. The van der Waals surface area contributed by atoms with Crippen molar-refractivity contribution in [3.8, 4) is 0 Å². The van der Waals surface area contributed by atoms with E-state index in [0.29, 0.717) is 43.3 Å². The van der Waals surface area contributed by atoms with Gasteiger partial charge in [-0.15, -0.1) is 0 Å². The van der Waals surface area contributed by atoms with Crippen molar-refractivity contribution in [1.82, 2.24) is 0 Å². The Morgan fingerprint density at radius 2 is 0.556 bits per heavy atom. The molecule has 0 aliphatic rings. The molecule has 0 aliphatic carbocycles. The van der Waals surface area contributed by atoms with Crippen LogP contribution in [0.25, 0.3) is 0 Å². The summed E-state index contributed by atoms with van der Waals surface area (Å²) in [6.07, 6.45) is 3.73. The van der Waals surface area contributed by atoms with E-state index in [1.165, 1.54) is 0 Å². The minimum atomic E-state index is -4.67. The predicted molar refractivity (Wildman–Crippen MR) is 211 cm³/mol. The first-order valence-electron chi connectivity index (χ1n) is 16.0. The standard InChI is InChI=1S/C12H26O4S.C6H14O4S.2C6H14O.2H2O4S.2H2O/c1-11(2,3)7-9-15-17(13,14)16-10-8-12(4,5)6;1-6(2,3)4-5-10-11(7,8)9;2*1-6(2,3)4-5-7;2*1-5(2,3)4;;/h7-10H2,1-6H3;4-5H2,1-3H3,(H,7,8,9);2*7H,4-5H2,1-3H3;2*(H2,1,2,3,4);2*1H2/p+2. The molecule has 0 saturated carbocycles. The molecule has 0 spiro atoms. The van der Waals surface area contributed by atoms with Gasteiger partial charge >= 0.3 is 44.4 Å². The molecule has 340 valence electrons. The second kappa shape index (κ2) is 31.3. The maximum atomic E-state index is 11.4. The molecule has 0 radical (unpaired) electrons. The van der Waals surface area contributed by atoms with E-state index >= 15 is 0 Å². The van der Waals surface area contributed by atoms with E-state index in [1.807, 2.05) is 62.3 Å². The summed E-state index contributed by atoms with van der Waals surface area (Å²) >= 11 is 0. The highest BCUT2D eigenvalue weighted by Crippen LogP contribution is 2.21. The van der Waals surface area contributed by atoms with Crippen molar-refractivity contribution in [2.24, 2.45) is 27.1 Å². The molecule has 0 unspecified atom stereocenters. The van der Waals surface area contributed by atoms with Gasteiger partial charge in [0.05, 0.1) is 19.8 Å². The topological polar surface area (TPSA) is 369 Å². The first-order valence-corrected chi connectivity index (χ1v) is 21.5. The molecule has 24 heteroatoms. The molecule has 0 heterocycles. The van der Waals surface area contributed by atoms with Crippen molar-refractivity contribution in [1.29, 1.82) is 0 Å². The first kappa shape index (κ1) is 71.1. The second-order valence-corrected chi connectivity index (χ2v) is 21.4. The summed E-state index contributed by atoms with van der Waals surface area (Å²) in [6.45, 7) is 31.7. The summed E-state index contributed by atoms with van der Waals surface area (Å²) in [6, 6.07) is 0. The Balaban J connectivity index is -0.0000000595. The van der Waals surface area contributed by atoms with Gasteiger partial charge in [-0.1, -0.05) is 104 Å². The van der Waals surface area contributed by atoms with Gasteiger partial charge in [0.2, 0.25) is 0 Å². The quantitative estimate of drug-likeness (QED) is 0.141. The summed E-state index contributed by atoms with van der Waals surface area (Å²) in [5, 5.41) is 16.8. The molecule has 0 amide bonds. The number of aliphatic hydroxyl groups is 2. The van der Waals surface area contributed by atoms with Gasteiger partial charge in [0.25, 0.3) is 0 Å². The fraction of sp³-hybridized carbons (Fsp3) is 1.00. The molecule has 0 fully saturated rings. The van der Waals surface area contributed by atoms with Crippen LogP contribution in [0.2, 0.25) is 0 Å². The molecule has 11 N–H and O–H groups in total. The Morgan fingerprint density at radius 1 is 0.389 bits per heavy atom. The Kier molecular flexibility index (Phi) is 41.2. The van der Waals surface area contributed by atoms with Crippen LogP contribution in [0.3, 0.4) is 0 Å². The molecule has 0 bridgehead atoms. The molecular formula is C30H78O20S4+2. The smallest absolute Gasteiger partial charge is 0.412 e. The van der Waals surface area contributed by atoms with Crippen LogP contribution in [0.4, 0.5) is 0 Å². The number of rotatable bonds is 11. The van der Waals surface area contributed by atoms with Gasteiger partial charge in [0.15, 0.2) is 0 Å². The normalized spacial score (nSPS) is 12.4. The summed E-state index contributed by atoms with van der Waals surface area (Å²) in [4.78, 5) is 0. The number of hydrogen-bond acceptors (Lipinski definition) is 13. The van der Waals surface area contributed by atoms with Gasteiger partial charge in [-0.25, -0.2) is 12.5 Å². The maximum absolute atomic E-state index is 11.4. The van der Waals surface area contributed by atoms with Gasteiger partial charge in [0, 0.05) is 13.2 Å². The molecule has 20 nitrogen and oxygen atoms in total. The predicted octanol–water partition coefficient (Wildman–Crippen LogP) is 4.48. The highest BCUT2D eigenvalue weighted by Gasteiger charge is 2.18. The lowest BCUT2D eigenvalue weighted by Gasteiger charge is -2.18. The van der Waals surface area contributed by atoms with E-state index in [2.05, 4.69) is 45.7 Å². The Hall–Kier alpha value is -0.680. The first-order chi connectivity index (χ1) is 22.2. The van der Waals surface area contributed by atoms with E-state index in [9.17, 15) is 16.8 Å². The Morgan fingerprint density at radius 3 is 0.667 bits per heavy atom. The zero-order chi connectivity index (χ0) is 43.7. The molecule has 0 aromatic rings. The highest BCUT2D eigenvalue weighted by atomic mass is 32.3.